The minimum atomic E-state index is -0.574. The first-order chi connectivity index (χ1) is 13.6. The van der Waals surface area contributed by atoms with Crippen LogP contribution >= 0.6 is 11.6 Å². The first-order valence-electron chi connectivity index (χ1n) is 9.08. The van der Waals surface area contributed by atoms with Crippen LogP contribution in [0.1, 0.15) is 12.0 Å². The van der Waals surface area contributed by atoms with Gasteiger partial charge in [-0.25, -0.2) is 0 Å². The van der Waals surface area contributed by atoms with Crippen LogP contribution in [-0.4, -0.2) is 39.8 Å². The summed E-state index contributed by atoms with van der Waals surface area (Å²) < 4.78 is 5.33. The van der Waals surface area contributed by atoms with Crippen molar-refractivity contribution < 1.29 is 19.7 Å². The van der Waals surface area contributed by atoms with E-state index >= 15 is 0 Å². The maximum atomic E-state index is 12.1. The van der Waals surface area contributed by atoms with Crippen molar-refractivity contribution in [3.05, 3.63) is 59.1 Å². The fourth-order valence-corrected chi connectivity index (χ4v) is 3.32. The number of aliphatic hydroxyl groups is 1. The van der Waals surface area contributed by atoms with Gasteiger partial charge < -0.3 is 20.3 Å². The first-order valence-corrected chi connectivity index (χ1v) is 9.46. The lowest BCUT2D eigenvalue weighted by molar-refractivity contribution is -0.660. The van der Waals surface area contributed by atoms with Gasteiger partial charge in [-0.15, -0.1) is 0 Å². The van der Waals surface area contributed by atoms with E-state index in [9.17, 15) is 9.90 Å². The molecule has 2 atom stereocenters. The number of hydrogen-bond donors (Lipinski definition) is 3. The molecular weight excluding hydrogens is 380 g/mol. The number of amides is 1. The average molecular weight is 400 g/mol. The average Bonchev–Trinajstić information content (AvgIpc) is 3.36. The molecule has 0 aliphatic carbocycles. The van der Waals surface area contributed by atoms with E-state index in [0.29, 0.717) is 29.7 Å². The Kier molecular flexibility index (Phi) is 5.38. The summed E-state index contributed by atoms with van der Waals surface area (Å²) >= 11 is 5.90. The van der Waals surface area contributed by atoms with Crippen molar-refractivity contribution in [3.63, 3.8) is 0 Å². The smallest absolute Gasteiger partial charge is 0.281 e. The third-order valence-electron chi connectivity index (χ3n) is 4.80. The lowest BCUT2D eigenvalue weighted by atomic mass is 10.1. The Bertz CT molecular complexity index is 956. The van der Waals surface area contributed by atoms with Crippen LogP contribution in [0.25, 0.3) is 22.8 Å². The molecule has 7 nitrogen and oxygen atoms in total. The highest BCUT2D eigenvalue weighted by Gasteiger charge is 2.35. The van der Waals surface area contributed by atoms with Gasteiger partial charge in [0, 0.05) is 29.1 Å². The second-order valence-corrected chi connectivity index (χ2v) is 7.19. The third-order valence-corrected chi connectivity index (χ3v) is 5.05. The summed E-state index contributed by atoms with van der Waals surface area (Å²) in [5.41, 5.74) is 2.57. The lowest BCUT2D eigenvalue weighted by Gasteiger charge is -2.11. The third kappa shape index (κ3) is 4.06. The van der Waals surface area contributed by atoms with E-state index in [1.807, 2.05) is 41.7 Å². The summed E-state index contributed by atoms with van der Waals surface area (Å²) in [5, 5.41) is 19.2. The molecule has 4 rings (SSSR count). The number of carbonyl (C=O) groups is 1. The molecule has 1 aromatic heterocycles. The Morgan fingerprint density at radius 3 is 2.57 bits per heavy atom. The lowest BCUT2D eigenvalue weighted by Crippen LogP contribution is -2.90. The number of rotatable bonds is 5. The van der Waals surface area contributed by atoms with Crippen molar-refractivity contribution in [1.29, 1.82) is 0 Å². The van der Waals surface area contributed by atoms with Crippen LogP contribution in [0.4, 0.5) is 0 Å². The van der Waals surface area contributed by atoms with Crippen molar-refractivity contribution in [2.24, 2.45) is 0 Å². The summed E-state index contributed by atoms with van der Waals surface area (Å²) in [4.78, 5) is 16.6. The quantitative estimate of drug-likeness (QED) is 0.601. The molecule has 1 saturated heterocycles. The zero-order valence-corrected chi connectivity index (χ0v) is 15.8. The molecule has 0 saturated carbocycles. The molecule has 0 bridgehead atoms. The molecule has 8 heteroatoms. The molecule has 144 valence electrons. The zero-order chi connectivity index (χ0) is 19.5. The number of aliphatic hydroxyl groups excluding tert-OH is 1. The Labute approximate surface area is 166 Å². The molecule has 0 unspecified atom stereocenters. The van der Waals surface area contributed by atoms with Crippen LogP contribution in [0.15, 0.2) is 53.1 Å². The minimum Gasteiger partial charge on any atom is -0.386 e. The second-order valence-electron chi connectivity index (χ2n) is 6.75. The van der Waals surface area contributed by atoms with Crippen LogP contribution in [0.2, 0.25) is 5.02 Å². The summed E-state index contributed by atoms with van der Waals surface area (Å²) in [5.74, 6) is 0.776. The summed E-state index contributed by atoms with van der Waals surface area (Å²) in [6.07, 6.45) is 0.0747. The molecule has 28 heavy (non-hydrogen) atoms. The largest absolute Gasteiger partial charge is 0.386 e. The maximum absolute atomic E-state index is 12.1. The number of nitrogens with two attached hydrogens (primary N) is 1. The topological polar surface area (TPSA) is 105 Å². The van der Waals surface area contributed by atoms with Crippen LogP contribution in [0.3, 0.4) is 0 Å². The van der Waals surface area contributed by atoms with Crippen LogP contribution < -0.4 is 10.6 Å². The number of hydrogen-bond acceptors (Lipinski definition) is 5. The number of nitrogens with zero attached hydrogens (tertiary/aromatic N) is 2. The van der Waals surface area contributed by atoms with E-state index in [4.69, 9.17) is 16.1 Å². The van der Waals surface area contributed by atoms with E-state index in [0.717, 1.165) is 23.2 Å². The van der Waals surface area contributed by atoms with Gasteiger partial charge in [0.1, 0.15) is 6.10 Å². The maximum Gasteiger partial charge on any atom is 0.281 e. The van der Waals surface area contributed by atoms with E-state index in [2.05, 4.69) is 15.5 Å². The fourth-order valence-electron chi connectivity index (χ4n) is 3.19. The molecule has 1 fully saturated rings. The van der Waals surface area contributed by atoms with Crippen LogP contribution in [-0.2, 0) is 11.3 Å². The van der Waals surface area contributed by atoms with E-state index in [1.165, 1.54) is 0 Å². The standard InChI is InChI=1S/C20H19ClN4O3/c21-15-7-5-14(6-8-15)20-24-18(25-28-20)13-3-1-12(2-4-13)11-23-19(27)17-16(26)9-10-22-17/h1-8,16-17,22,26H,9-11H2,(H,23,27)/p+1/t16-,17-/m0/s1. The van der Waals surface area contributed by atoms with E-state index < -0.39 is 12.1 Å². The highest BCUT2D eigenvalue weighted by molar-refractivity contribution is 6.30. The predicted molar refractivity (Wildman–Crippen MR) is 103 cm³/mol. The molecular formula is C20H20ClN4O3+. The summed E-state index contributed by atoms with van der Waals surface area (Å²) in [7, 11) is 0. The number of halogens is 1. The van der Waals surface area contributed by atoms with Gasteiger partial charge in [0.25, 0.3) is 11.8 Å². The Hall–Kier alpha value is -2.74. The summed E-state index contributed by atoms with van der Waals surface area (Å²) in [6.45, 7) is 1.18. The van der Waals surface area contributed by atoms with Crippen LogP contribution in [0.5, 0.6) is 0 Å². The van der Waals surface area contributed by atoms with Gasteiger partial charge in [-0.1, -0.05) is 41.0 Å². The summed E-state index contributed by atoms with van der Waals surface area (Å²) in [6, 6.07) is 14.4. The first kappa shape index (κ1) is 18.6. The predicted octanol–water partition coefficient (Wildman–Crippen LogP) is 1.37. The van der Waals surface area contributed by atoms with Crippen molar-refractivity contribution >= 4 is 17.5 Å². The fraction of sp³-hybridized carbons (Fsp3) is 0.250. The molecule has 2 heterocycles. The highest BCUT2D eigenvalue weighted by atomic mass is 35.5. The molecule has 1 amide bonds. The minimum absolute atomic E-state index is 0.139. The number of nitrogens with one attached hydrogen (secondary N) is 1. The molecule has 4 N–H and O–H groups in total. The molecule has 3 aromatic rings. The van der Waals surface area contributed by atoms with Gasteiger partial charge in [-0.05, 0) is 29.8 Å². The van der Waals surface area contributed by atoms with Gasteiger partial charge >= 0.3 is 0 Å². The number of carbonyl (C=O) groups excluding carboxylic acids is 1. The van der Waals surface area contributed by atoms with Crippen molar-refractivity contribution in [2.75, 3.05) is 6.54 Å². The zero-order valence-electron chi connectivity index (χ0n) is 15.0. The number of quaternary nitrogens is 1. The Morgan fingerprint density at radius 2 is 1.89 bits per heavy atom. The van der Waals surface area contributed by atoms with Gasteiger partial charge in [-0.2, -0.15) is 4.98 Å². The van der Waals surface area contributed by atoms with E-state index in [-0.39, 0.29) is 5.91 Å². The van der Waals surface area contributed by atoms with E-state index in [1.54, 1.807) is 12.1 Å². The van der Waals surface area contributed by atoms with Crippen molar-refractivity contribution in [2.45, 2.75) is 25.1 Å². The normalized spacial score (nSPS) is 18.9. The second kappa shape index (κ2) is 8.10. The van der Waals surface area contributed by atoms with Gasteiger partial charge in [0.05, 0.1) is 6.54 Å². The number of benzene rings is 2. The molecule has 2 aromatic carbocycles. The Morgan fingerprint density at radius 1 is 1.18 bits per heavy atom. The van der Waals surface area contributed by atoms with Gasteiger partial charge in [0.2, 0.25) is 5.82 Å². The SMILES string of the molecule is O=C(NCc1ccc(-c2noc(-c3ccc(Cl)cc3)n2)cc1)[C@H]1[NH2+]CC[C@@H]1O. The Balaban J connectivity index is 1.39. The highest BCUT2D eigenvalue weighted by Crippen LogP contribution is 2.23. The number of aromatic nitrogens is 2. The van der Waals surface area contributed by atoms with Crippen molar-refractivity contribution in [3.8, 4) is 22.8 Å². The molecule has 0 radical (unpaired) electrons. The van der Waals surface area contributed by atoms with Gasteiger partial charge in [0.15, 0.2) is 6.04 Å². The van der Waals surface area contributed by atoms with Crippen LogP contribution in [0, 0.1) is 0 Å². The molecule has 1 aliphatic rings. The monoisotopic (exact) mass is 399 g/mol. The molecule has 1 aliphatic heterocycles. The molecule has 0 spiro atoms. The van der Waals surface area contributed by atoms with Crippen molar-refractivity contribution in [1.82, 2.24) is 15.5 Å². The van der Waals surface area contributed by atoms with Gasteiger partial charge in [-0.3, -0.25) is 4.79 Å².